The van der Waals surface area contributed by atoms with Gasteiger partial charge in [0.25, 0.3) is 5.91 Å². The van der Waals surface area contributed by atoms with Gasteiger partial charge in [0.1, 0.15) is 13.4 Å². The lowest BCUT2D eigenvalue weighted by atomic mass is 9.85. The highest BCUT2D eigenvalue weighted by molar-refractivity contribution is 6.34. The van der Waals surface area contributed by atoms with Crippen molar-refractivity contribution in [1.82, 2.24) is 10.8 Å². The zero-order valence-electron chi connectivity index (χ0n) is 16.4. The number of oxime groups is 1. The first-order valence-electron chi connectivity index (χ1n) is 9.00. The minimum Gasteiger partial charge on any atom is -0.398 e. The number of rotatable bonds is 5. The van der Waals surface area contributed by atoms with Crippen molar-refractivity contribution in [3.05, 3.63) is 68.7 Å². The Kier molecular flexibility index (Phi) is 6.80. The molecule has 1 heterocycles. The van der Waals surface area contributed by atoms with Crippen LogP contribution >= 0.6 is 23.2 Å². The van der Waals surface area contributed by atoms with Gasteiger partial charge in [-0.05, 0) is 47.9 Å². The van der Waals surface area contributed by atoms with E-state index in [1.807, 2.05) is 0 Å². The fraction of sp³-hybridized carbons (Fsp3) is 0.300. The topological polar surface area (TPSA) is 72.0 Å². The minimum atomic E-state index is -4.74. The quantitative estimate of drug-likeness (QED) is 0.360. The molecule has 1 aliphatic heterocycles. The van der Waals surface area contributed by atoms with Crippen molar-refractivity contribution in [2.75, 3.05) is 7.11 Å². The Labute approximate surface area is 186 Å². The summed E-state index contributed by atoms with van der Waals surface area (Å²) >= 11 is 11.8. The van der Waals surface area contributed by atoms with Gasteiger partial charge in [-0.25, -0.2) is 0 Å². The van der Waals surface area contributed by atoms with Gasteiger partial charge >= 0.3 is 6.18 Å². The van der Waals surface area contributed by atoms with Gasteiger partial charge in [-0.3, -0.25) is 9.63 Å². The summed E-state index contributed by atoms with van der Waals surface area (Å²) in [6.07, 6.45) is -4.09. The first-order valence-corrected chi connectivity index (χ1v) is 9.76. The van der Waals surface area contributed by atoms with Crippen LogP contribution in [0.15, 0.2) is 41.6 Å². The summed E-state index contributed by atoms with van der Waals surface area (Å²) in [6, 6.07) is 7.64. The maximum Gasteiger partial charge on any atom is 0.423 e. The summed E-state index contributed by atoms with van der Waals surface area (Å²) in [5.74, 6) is -0.432. The molecule has 31 heavy (non-hydrogen) atoms. The van der Waals surface area contributed by atoms with Crippen molar-refractivity contribution in [2.24, 2.45) is 5.16 Å². The van der Waals surface area contributed by atoms with Crippen LogP contribution < -0.4 is 10.8 Å². The van der Waals surface area contributed by atoms with Crippen LogP contribution in [0.1, 0.15) is 39.5 Å². The predicted molar refractivity (Wildman–Crippen MR) is 110 cm³/mol. The Morgan fingerprint density at radius 1 is 1.29 bits per heavy atom. The SMILES string of the molecule is CO/N=C\NC(=O)c1ccc(C2CC(c3cc(Cl)cc(Cl)c3)(C(F)(F)F)ON2)cc1C. The number of halogens is 5. The van der Waals surface area contributed by atoms with Crippen LogP contribution in [0.25, 0.3) is 0 Å². The van der Waals surface area contributed by atoms with Crippen LogP contribution in [0, 0.1) is 6.92 Å². The third-order valence-electron chi connectivity index (χ3n) is 4.90. The standard InChI is InChI=1S/C20H18Cl2F3N3O3/c1-11-5-12(3-4-16(11)18(29)26-10-27-30-2)17-9-19(31-28-17,20(23,24)25)13-6-14(21)8-15(22)7-13/h3-8,10,17,28H,9H2,1-2H3,(H,26,27,29). The van der Waals surface area contributed by atoms with Crippen LogP contribution in [-0.2, 0) is 15.3 Å². The van der Waals surface area contributed by atoms with Gasteiger partial charge in [-0.15, -0.1) is 0 Å². The number of amides is 1. The summed E-state index contributed by atoms with van der Waals surface area (Å²) in [5, 5.41) is 5.99. The number of carbonyl (C=O) groups excluding carboxylic acids is 1. The summed E-state index contributed by atoms with van der Waals surface area (Å²) < 4.78 is 42.4. The Hall–Kier alpha value is -2.33. The normalized spacial score (nSPS) is 21.5. The van der Waals surface area contributed by atoms with E-state index in [0.717, 1.165) is 6.34 Å². The highest BCUT2D eigenvalue weighted by Crippen LogP contribution is 2.51. The van der Waals surface area contributed by atoms with Gasteiger partial charge in [0.15, 0.2) is 0 Å². The van der Waals surface area contributed by atoms with Gasteiger partial charge in [-0.2, -0.15) is 18.7 Å². The number of aryl methyl sites for hydroxylation is 1. The smallest absolute Gasteiger partial charge is 0.398 e. The zero-order valence-corrected chi connectivity index (χ0v) is 17.9. The van der Waals surface area contributed by atoms with E-state index in [1.165, 1.54) is 31.4 Å². The number of alkyl halides is 3. The van der Waals surface area contributed by atoms with Gasteiger partial charge in [0.2, 0.25) is 5.60 Å². The van der Waals surface area contributed by atoms with Crippen molar-refractivity contribution >= 4 is 35.4 Å². The Balaban J connectivity index is 1.89. The summed E-state index contributed by atoms with van der Waals surface area (Å²) in [7, 11) is 1.33. The number of benzene rings is 2. The van der Waals surface area contributed by atoms with Crippen LogP contribution in [0.4, 0.5) is 13.2 Å². The van der Waals surface area contributed by atoms with E-state index < -0.39 is 30.1 Å². The fourth-order valence-electron chi connectivity index (χ4n) is 3.40. The molecule has 0 aromatic heterocycles. The minimum absolute atomic E-state index is 0.0707. The molecule has 0 spiro atoms. The largest absolute Gasteiger partial charge is 0.423 e. The van der Waals surface area contributed by atoms with Gasteiger partial charge < -0.3 is 10.2 Å². The summed E-state index contributed by atoms with van der Waals surface area (Å²) in [6.45, 7) is 1.68. The molecule has 11 heteroatoms. The Morgan fingerprint density at radius 2 is 1.97 bits per heavy atom. The van der Waals surface area contributed by atoms with Crippen molar-refractivity contribution in [2.45, 2.75) is 31.2 Å². The second kappa shape index (κ2) is 9.04. The lowest BCUT2D eigenvalue weighted by Gasteiger charge is -2.30. The first kappa shape index (κ1) is 23.3. The van der Waals surface area contributed by atoms with E-state index >= 15 is 0 Å². The van der Waals surface area contributed by atoms with Crippen molar-refractivity contribution in [1.29, 1.82) is 0 Å². The van der Waals surface area contributed by atoms with E-state index in [0.29, 0.717) is 16.7 Å². The van der Waals surface area contributed by atoms with Crippen molar-refractivity contribution in [3.63, 3.8) is 0 Å². The number of nitrogens with one attached hydrogen (secondary N) is 2. The van der Waals surface area contributed by atoms with E-state index in [1.54, 1.807) is 19.1 Å². The number of carbonyl (C=O) groups is 1. The monoisotopic (exact) mass is 475 g/mol. The molecule has 1 amide bonds. The molecule has 2 unspecified atom stereocenters. The average molecular weight is 476 g/mol. The highest BCUT2D eigenvalue weighted by atomic mass is 35.5. The third kappa shape index (κ3) is 4.79. The molecule has 6 nitrogen and oxygen atoms in total. The molecule has 1 saturated heterocycles. The Bertz CT molecular complexity index is 997. The molecule has 2 aromatic rings. The molecule has 1 aliphatic rings. The van der Waals surface area contributed by atoms with Crippen molar-refractivity contribution in [3.8, 4) is 0 Å². The third-order valence-corrected chi connectivity index (χ3v) is 5.34. The molecule has 2 atom stereocenters. The maximum atomic E-state index is 14.1. The first-order chi connectivity index (χ1) is 14.6. The van der Waals surface area contributed by atoms with Crippen LogP contribution in [-0.4, -0.2) is 25.5 Å². The molecule has 3 rings (SSSR count). The van der Waals surface area contributed by atoms with E-state index in [2.05, 4.69) is 20.8 Å². The molecule has 0 radical (unpaired) electrons. The average Bonchev–Trinajstić information content (AvgIpc) is 3.14. The molecule has 2 aromatic carbocycles. The molecule has 1 fully saturated rings. The summed E-state index contributed by atoms with van der Waals surface area (Å²) in [4.78, 5) is 21.8. The van der Waals surface area contributed by atoms with E-state index in [-0.39, 0.29) is 15.6 Å². The molecular weight excluding hydrogens is 458 g/mol. The molecule has 166 valence electrons. The zero-order chi connectivity index (χ0) is 22.8. The lowest BCUT2D eigenvalue weighted by molar-refractivity contribution is -0.282. The Morgan fingerprint density at radius 3 is 2.55 bits per heavy atom. The molecular formula is C20H18Cl2F3N3O3. The summed E-state index contributed by atoms with van der Waals surface area (Å²) in [5.41, 5.74) is 1.09. The molecule has 0 saturated carbocycles. The highest BCUT2D eigenvalue weighted by Gasteiger charge is 2.62. The molecule has 2 N–H and O–H groups in total. The van der Waals surface area contributed by atoms with E-state index in [9.17, 15) is 18.0 Å². The van der Waals surface area contributed by atoms with Crippen LogP contribution in [0.5, 0.6) is 0 Å². The van der Waals surface area contributed by atoms with Gasteiger partial charge in [-0.1, -0.05) is 40.5 Å². The van der Waals surface area contributed by atoms with Crippen LogP contribution in [0.2, 0.25) is 10.0 Å². The predicted octanol–water partition coefficient (Wildman–Crippen LogP) is 5.05. The molecule has 0 bridgehead atoms. The maximum absolute atomic E-state index is 14.1. The van der Waals surface area contributed by atoms with Gasteiger partial charge in [0, 0.05) is 22.0 Å². The number of hydrogen-bond donors (Lipinski definition) is 2. The number of hydrogen-bond acceptors (Lipinski definition) is 5. The van der Waals surface area contributed by atoms with Crippen LogP contribution in [0.3, 0.4) is 0 Å². The van der Waals surface area contributed by atoms with Crippen molar-refractivity contribution < 1.29 is 27.6 Å². The van der Waals surface area contributed by atoms with E-state index in [4.69, 9.17) is 28.0 Å². The second-order valence-corrected chi connectivity index (χ2v) is 7.80. The second-order valence-electron chi connectivity index (χ2n) is 6.92. The number of hydroxylamine groups is 1. The van der Waals surface area contributed by atoms with Gasteiger partial charge in [0.05, 0.1) is 6.04 Å². The molecule has 0 aliphatic carbocycles. The fourth-order valence-corrected chi connectivity index (χ4v) is 3.93. The number of nitrogens with zero attached hydrogens (tertiary/aromatic N) is 1. The lowest BCUT2D eigenvalue weighted by Crippen LogP contribution is -2.42.